The van der Waals surface area contributed by atoms with Crippen molar-refractivity contribution < 1.29 is 71.5 Å². The zero-order valence-corrected chi connectivity index (χ0v) is 48.0. The van der Waals surface area contributed by atoms with Crippen LogP contribution in [0.5, 0.6) is 0 Å². The smallest absolute Gasteiger partial charge is 0.550 e. The van der Waals surface area contributed by atoms with E-state index in [1.54, 1.807) is 0 Å². The molecule has 0 heterocycles. The second-order valence-electron chi connectivity index (χ2n) is 19.2. The SMILES string of the molecule is CCCCCCCCCC/C=C\CCCCCCCC(=O)[O-].CCCCCCCCCC/C=C\CCCCCCCC(=O)[O-].CCCCCCCCCC/C=C\CCCCCCCC(=O)[O-].[Ce+3]. The van der Waals surface area contributed by atoms with Gasteiger partial charge in [0.05, 0.1) is 0 Å². The van der Waals surface area contributed by atoms with Crippen molar-refractivity contribution in [3.05, 3.63) is 36.5 Å². The quantitative estimate of drug-likeness (QED) is 0.0442. The first-order chi connectivity index (χ1) is 32.3. The molecule has 0 amide bonds. The Morgan fingerprint density at radius 3 is 0.522 bits per heavy atom. The van der Waals surface area contributed by atoms with Gasteiger partial charge in [0.2, 0.25) is 0 Å². The van der Waals surface area contributed by atoms with Crippen LogP contribution in [0.15, 0.2) is 36.5 Å². The molecule has 6 nitrogen and oxygen atoms in total. The molecule has 0 bridgehead atoms. The number of hydrogen-bond acceptors (Lipinski definition) is 6. The number of unbranched alkanes of at least 4 members (excludes halogenated alkanes) is 39. The van der Waals surface area contributed by atoms with Gasteiger partial charge < -0.3 is 29.7 Å². The predicted molar refractivity (Wildman–Crippen MR) is 281 cm³/mol. The summed E-state index contributed by atoms with van der Waals surface area (Å²) < 4.78 is 0. The third kappa shape index (κ3) is 82.3. The third-order valence-electron chi connectivity index (χ3n) is 12.4. The minimum Gasteiger partial charge on any atom is -0.550 e. The first-order valence-corrected chi connectivity index (χ1v) is 28.9. The molecule has 0 rings (SSSR count). The van der Waals surface area contributed by atoms with Gasteiger partial charge in [-0.05, 0) is 116 Å². The molecule has 0 aliphatic rings. The molecule has 0 aromatic rings. The van der Waals surface area contributed by atoms with Crippen LogP contribution in [0.2, 0.25) is 0 Å². The van der Waals surface area contributed by atoms with Crippen LogP contribution in [0.1, 0.15) is 329 Å². The van der Waals surface area contributed by atoms with Crippen LogP contribution in [0.4, 0.5) is 0 Å². The molecular weight excluding hydrogens is 957 g/mol. The zero-order chi connectivity index (χ0) is 48.9. The second kappa shape index (κ2) is 69.3. The molecule has 7 heteroatoms. The molecule has 0 aliphatic heterocycles. The molecule has 0 spiro atoms. The Balaban J connectivity index is -0.000000441. The van der Waals surface area contributed by atoms with E-state index >= 15 is 0 Å². The van der Waals surface area contributed by atoms with E-state index in [0.717, 1.165) is 57.8 Å². The second-order valence-corrected chi connectivity index (χ2v) is 19.2. The number of carboxylic acids is 3. The Labute approximate surface area is 451 Å². The molecule has 0 aromatic heterocycles. The van der Waals surface area contributed by atoms with Gasteiger partial charge in [0.1, 0.15) is 0 Å². The van der Waals surface area contributed by atoms with Crippen molar-refractivity contribution in [1.82, 2.24) is 0 Å². The van der Waals surface area contributed by atoms with Gasteiger partial charge in [-0.2, -0.15) is 0 Å². The molecule has 0 saturated carbocycles. The van der Waals surface area contributed by atoms with E-state index in [1.807, 2.05) is 0 Å². The van der Waals surface area contributed by atoms with Crippen LogP contribution < -0.4 is 15.3 Å². The fraction of sp³-hybridized carbons (Fsp3) is 0.850. The zero-order valence-electron chi connectivity index (χ0n) is 44.9. The molecular formula is C60H111CeO6. The Kier molecular flexibility index (Phi) is 75.0. The topological polar surface area (TPSA) is 120 Å². The molecule has 0 saturated heterocycles. The van der Waals surface area contributed by atoms with Gasteiger partial charge in [-0.1, -0.05) is 250 Å². The largest absolute Gasteiger partial charge is 3.00 e. The Hall–Kier alpha value is -0.993. The summed E-state index contributed by atoms with van der Waals surface area (Å²) in [6, 6.07) is 0. The van der Waals surface area contributed by atoms with E-state index in [0.29, 0.717) is 0 Å². The Bertz CT molecular complexity index is 911. The summed E-state index contributed by atoms with van der Waals surface area (Å²) in [6.07, 6.45) is 71.5. The van der Waals surface area contributed by atoms with Crippen molar-refractivity contribution in [3.63, 3.8) is 0 Å². The van der Waals surface area contributed by atoms with Crippen molar-refractivity contribution in [2.75, 3.05) is 0 Å². The molecule has 0 atom stereocenters. The summed E-state index contributed by atoms with van der Waals surface area (Å²) in [5.74, 6) is -2.74. The fourth-order valence-electron chi connectivity index (χ4n) is 8.08. The van der Waals surface area contributed by atoms with Crippen LogP contribution in [0, 0.1) is 41.7 Å². The Morgan fingerprint density at radius 1 is 0.239 bits per heavy atom. The van der Waals surface area contributed by atoms with Gasteiger partial charge in [0.15, 0.2) is 0 Å². The first kappa shape index (κ1) is 72.5. The van der Waals surface area contributed by atoms with E-state index in [2.05, 4.69) is 57.2 Å². The maximum atomic E-state index is 10.2. The molecule has 0 aromatic carbocycles. The summed E-state index contributed by atoms with van der Waals surface area (Å²) in [6.45, 7) is 6.80. The van der Waals surface area contributed by atoms with Gasteiger partial charge in [0.25, 0.3) is 0 Å². The van der Waals surface area contributed by atoms with Crippen molar-refractivity contribution in [3.8, 4) is 0 Å². The van der Waals surface area contributed by atoms with Crippen LogP contribution in [0.3, 0.4) is 0 Å². The van der Waals surface area contributed by atoms with Crippen molar-refractivity contribution in [2.45, 2.75) is 329 Å². The van der Waals surface area contributed by atoms with E-state index in [1.165, 1.54) is 231 Å². The van der Waals surface area contributed by atoms with Crippen molar-refractivity contribution in [2.24, 2.45) is 0 Å². The average molecular weight is 1070 g/mol. The van der Waals surface area contributed by atoms with Gasteiger partial charge in [-0.25, -0.2) is 0 Å². The minimum atomic E-state index is -0.913. The van der Waals surface area contributed by atoms with Crippen LogP contribution in [-0.2, 0) is 14.4 Å². The number of carbonyl (C=O) groups excluding carboxylic acids is 3. The molecule has 67 heavy (non-hydrogen) atoms. The molecule has 0 aliphatic carbocycles. The summed E-state index contributed by atoms with van der Waals surface area (Å²) in [7, 11) is 0. The maximum absolute atomic E-state index is 10.2. The fourth-order valence-corrected chi connectivity index (χ4v) is 8.08. The van der Waals surface area contributed by atoms with E-state index in [4.69, 9.17) is 0 Å². The molecule has 0 fully saturated rings. The summed E-state index contributed by atoms with van der Waals surface area (Å²) in [5, 5.41) is 30.7. The third-order valence-corrected chi connectivity index (χ3v) is 12.4. The molecule has 391 valence electrons. The summed E-state index contributed by atoms with van der Waals surface area (Å²) in [5.41, 5.74) is 0. The van der Waals surface area contributed by atoms with Gasteiger partial charge in [-0.3, -0.25) is 0 Å². The summed E-state index contributed by atoms with van der Waals surface area (Å²) in [4.78, 5) is 30.7. The monoisotopic (exact) mass is 1070 g/mol. The number of rotatable bonds is 51. The number of allylic oxidation sites excluding steroid dienone is 6. The Morgan fingerprint density at radius 2 is 0.373 bits per heavy atom. The first-order valence-electron chi connectivity index (χ1n) is 28.9. The maximum Gasteiger partial charge on any atom is 3.00 e. The summed E-state index contributed by atoms with van der Waals surface area (Å²) >= 11 is 0. The van der Waals surface area contributed by atoms with Crippen molar-refractivity contribution >= 4 is 17.9 Å². The molecule has 0 N–H and O–H groups in total. The van der Waals surface area contributed by atoms with E-state index in [9.17, 15) is 29.7 Å². The standard InChI is InChI=1S/3C20H38O2.Ce/c3*1-2-3-4-5-6-7-8-9-10-11-12-13-14-15-16-17-18-19-20(21)22;/h3*11-12H,2-10,13-19H2,1H3,(H,21,22);/q;;;+3/p-3/b3*12-11-;. The van der Waals surface area contributed by atoms with E-state index < -0.39 is 17.9 Å². The van der Waals surface area contributed by atoms with Crippen LogP contribution in [-0.4, -0.2) is 17.9 Å². The molecule has 0 unspecified atom stereocenters. The number of aliphatic carboxylic acids is 3. The predicted octanol–water partition coefficient (Wildman–Crippen LogP) is 16.7. The van der Waals surface area contributed by atoms with E-state index in [-0.39, 0.29) is 61.0 Å². The van der Waals surface area contributed by atoms with Crippen LogP contribution >= 0.6 is 0 Å². The number of carbonyl (C=O) groups is 3. The van der Waals surface area contributed by atoms with Gasteiger partial charge in [0, 0.05) is 17.9 Å². The van der Waals surface area contributed by atoms with Crippen molar-refractivity contribution in [1.29, 1.82) is 0 Å². The number of hydrogen-bond donors (Lipinski definition) is 0. The van der Waals surface area contributed by atoms with Gasteiger partial charge in [-0.15, -0.1) is 0 Å². The molecule has 1 radical (unpaired) electrons. The van der Waals surface area contributed by atoms with Crippen LogP contribution in [0.25, 0.3) is 0 Å². The van der Waals surface area contributed by atoms with Gasteiger partial charge >= 0.3 is 41.7 Å². The number of carboxylic acid groups (broad SMARTS) is 3. The minimum absolute atomic E-state index is 0. The normalized spacial score (nSPS) is 11.1. The average Bonchev–Trinajstić information content (AvgIpc) is 3.29.